The Balaban J connectivity index is 4.09. The van der Waals surface area contributed by atoms with Crippen LogP contribution in [0.3, 0.4) is 0 Å². The van der Waals surface area contributed by atoms with Crippen molar-refractivity contribution in [3.8, 4) is 0 Å². The van der Waals surface area contributed by atoms with E-state index in [1.54, 1.807) is 6.92 Å². The number of hydrogen-bond acceptors (Lipinski definition) is 4. The Kier molecular flexibility index (Phi) is 4.60. The van der Waals surface area contributed by atoms with Gasteiger partial charge in [-0.25, -0.2) is 4.90 Å². The molecule has 11 heavy (non-hydrogen) atoms. The molecule has 4 heteroatoms. The van der Waals surface area contributed by atoms with Gasteiger partial charge in [-0.15, -0.1) is 0 Å². The van der Waals surface area contributed by atoms with Crippen LogP contribution in [-0.2, 0) is 0 Å². The first-order valence-electron chi connectivity index (χ1n) is 3.82. The normalized spacial score (nSPS) is 19.9. The third-order valence-corrected chi connectivity index (χ3v) is 1.57. The van der Waals surface area contributed by atoms with Crippen molar-refractivity contribution in [3.05, 3.63) is 0 Å². The Morgan fingerprint density at radius 2 is 1.45 bits per heavy atom. The summed E-state index contributed by atoms with van der Waals surface area (Å²) in [5.74, 6) is 0. The van der Waals surface area contributed by atoms with Crippen molar-refractivity contribution >= 4 is 0 Å². The first-order valence-corrected chi connectivity index (χ1v) is 3.82. The minimum atomic E-state index is -0.829. The Labute approximate surface area is 67.1 Å². The van der Waals surface area contributed by atoms with E-state index in [9.17, 15) is 5.11 Å². The average Bonchev–Trinajstić information content (AvgIpc) is 1.85. The van der Waals surface area contributed by atoms with Crippen LogP contribution in [0.25, 0.3) is 0 Å². The molecule has 0 aliphatic rings. The van der Waals surface area contributed by atoms with Gasteiger partial charge in [0.25, 0.3) is 0 Å². The van der Waals surface area contributed by atoms with Gasteiger partial charge in [0, 0.05) is 0 Å². The van der Waals surface area contributed by atoms with Crippen molar-refractivity contribution in [2.45, 2.75) is 45.9 Å². The molecule has 0 fully saturated rings. The average molecular weight is 163 g/mol. The van der Waals surface area contributed by atoms with Crippen molar-refractivity contribution < 1.29 is 15.3 Å². The second-order valence-corrected chi connectivity index (χ2v) is 2.60. The fourth-order valence-corrected chi connectivity index (χ4v) is 1.02. The number of rotatable bonds is 4. The molecule has 4 nitrogen and oxygen atoms in total. The molecule has 0 aromatic heterocycles. The van der Waals surface area contributed by atoms with Crippen LogP contribution in [0.2, 0.25) is 0 Å². The molecule has 0 aliphatic carbocycles. The van der Waals surface area contributed by atoms with E-state index in [-0.39, 0.29) is 0 Å². The standard InChI is InChI=1S/C7H17NO3/c1-4-7(11)8(5(2)9)6(3)10/h5-7,9-11H,4H2,1-3H3/t5-,6-,7+/m1/s1. The second-order valence-electron chi connectivity index (χ2n) is 2.60. The first-order chi connectivity index (χ1) is 5.00. The first kappa shape index (κ1) is 10.8. The van der Waals surface area contributed by atoms with Gasteiger partial charge in [0.15, 0.2) is 0 Å². The van der Waals surface area contributed by atoms with Crippen LogP contribution in [-0.4, -0.2) is 38.9 Å². The van der Waals surface area contributed by atoms with E-state index < -0.39 is 18.7 Å². The lowest BCUT2D eigenvalue weighted by Crippen LogP contribution is -2.47. The van der Waals surface area contributed by atoms with Crippen molar-refractivity contribution in [3.63, 3.8) is 0 Å². The van der Waals surface area contributed by atoms with Gasteiger partial charge >= 0.3 is 0 Å². The molecule has 68 valence electrons. The summed E-state index contributed by atoms with van der Waals surface area (Å²) in [4.78, 5) is 1.22. The fraction of sp³-hybridized carbons (Fsp3) is 1.00. The van der Waals surface area contributed by atoms with E-state index in [0.29, 0.717) is 6.42 Å². The molecule has 0 aliphatic heterocycles. The van der Waals surface area contributed by atoms with Gasteiger partial charge in [0.2, 0.25) is 0 Å². The summed E-state index contributed by atoms with van der Waals surface area (Å²) in [6.07, 6.45) is -1.96. The lowest BCUT2D eigenvalue weighted by molar-refractivity contribution is -0.166. The van der Waals surface area contributed by atoms with Crippen LogP contribution >= 0.6 is 0 Å². The molecule has 0 rings (SSSR count). The zero-order valence-corrected chi connectivity index (χ0v) is 7.23. The number of hydrogen-bond donors (Lipinski definition) is 3. The summed E-state index contributed by atoms with van der Waals surface area (Å²) >= 11 is 0. The summed E-state index contributed by atoms with van der Waals surface area (Å²) in [6.45, 7) is 4.79. The highest BCUT2D eigenvalue weighted by Crippen LogP contribution is 2.07. The van der Waals surface area contributed by atoms with Gasteiger partial charge in [0.1, 0.15) is 18.7 Å². The topological polar surface area (TPSA) is 63.9 Å². The van der Waals surface area contributed by atoms with E-state index in [4.69, 9.17) is 10.2 Å². The second kappa shape index (κ2) is 4.66. The molecule has 0 amide bonds. The summed E-state index contributed by atoms with van der Waals surface area (Å²) in [5.41, 5.74) is 0. The van der Waals surface area contributed by atoms with E-state index in [2.05, 4.69) is 0 Å². The van der Waals surface area contributed by atoms with Crippen LogP contribution < -0.4 is 0 Å². The largest absolute Gasteiger partial charge is 0.379 e. The minimum Gasteiger partial charge on any atom is -0.379 e. The summed E-state index contributed by atoms with van der Waals surface area (Å²) in [6, 6.07) is 0. The summed E-state index contributed by atoms with van der Waals surface area (Å²) < 4.78 is 0. The zero-order valence-electron chi connectivity index (χ0n) is 7.23. The molecule has 0 saturated carbocycles. The third kappa shape index (κ3) is 3.16. The highest BCUT2D eigenvalue weighted by Gasteiger charge is 2.22. The van der Waals surface area contributed by atoms with Crippen molar-refractivity contribution in [1.29, 1.82) is 0 Å². The van der Waals surface area contributed by atoms with E-state index in [1.165, 1.54) is 18.7 Å². The number of aliphatic hydroxyl groups is 3. The third-order valence-electron chi connectivity index (χ3n) is 1.57. The minimum absolute atomic E-state index is 0.482. The highest BCUT2D eigenvalue weighted by molar-refractivity contribution is 4.61. The van der Waals surface area contributed by atoms with Gasteiger partial charge in [-0.2, -0.15) is 0 Å². The molecule has 3 atom stereocenters. The van der Waals surface area contributed by atoms with E-state index >= 15 is 0 Å². The van der Waals surface area contributed by atoms with Crippen LogP contribution in [0.15, 0.2) is 0 Å². The maximum atomic E-state index is 9.26. The highest BCUT2D eigenvalue weighted by atomic mass is 16.4. The van der Waals surface area contributed by atoms with E-state index in [0.717, 1.165) is 0 Å². The fourth-order valence-electron chi connectivity index (χ4n) is 1.02. The Morgan fingerprint density at radius 3 is 1.55 bits per heavy atom. The Morgan fingerprint density at radius 1 is 1.09 bits per heavy atom. The van der Waals surface area contributed by atoms with Gasteiger partial charge in [0.05, 0.1) is 0 Å². The molecular formula is C7H17NO3. The van der Waals surface area contributed by atoms with Crippen LogP contribution in [0.1, 0.15) is 27.2 Å². The maximum absolute atomic E-state index is 9.26. The molecular weight excluding hydrogens is 146 g/mol. The molecule has 0 radical (unpaired) electrons. The van der Waals surface area contributed by atoms with Crippen molar-refractivity contribution in [2.75, 3.05) is 0 Å². The molecule has 0 unspecified atom stereocenters. The number of nitrogens with zero attached hydrogens (tertiary/aromatic N) is 1. The lowest BCUT2D eigenvalue weighted by Gasteiger charge is -2.31. The smallest absolute Gasteiger partial charge is 0.111 e. The van der Waals surface area contributed by atoms with Crippen molar-refractivity contribution in [1.82, 2.24) is 4.90 Å². The molecule has 3 N–H and O–H groups in total. The lowest BCUT2D eigenvalue weighted by atomic mass is 10.3. The van der Waals surface area contributed by atoms with Crippen LogP contribution in [0.5, 0.6) is 0 Å². The molecule has 0 spiro atoms. The molecule has 0 bridgehead atoms. The quantitative estimate of drug-likeness (QED) is 0.498. The van der Waals surface area contributed by atoms with Crippen molar-refractivity contribution in [2.24, 2.45) is 0 Å². The Hall–Kier alpha value is -0.160. The van der Waals surface area contributed by atoms with Crippen LogP contribution in [0.4, 0.5) is 0 Å². The predicted octanol–water partition coefficient (Wildman–Crippen LogP) is -0.307. The monoisotopic (exact) mass is 163 g/mol. The van der Waals surface area contributed by atoms with Gasteiger partial charge in [-0.1, -0.05) is 6.92 Å². The Bertz CT molecular complexity index is 97.9. The maximum Gasteiger partial charge on any atom is 0.111 e. The van der Waals surface area contributed by atoms with E-state index in [1.807, 2.05) is 0 Å². The predicted molar refractivity (Wildman–Crippen MR) is 41.5 cm³/mol. The molecule has 0 aromatic carbocycles. The summed E-state index contributed by atoms with van der Waals surface area (Å²) in [7, 11) is 0. The molecule has 0 aromatic rings. The number of aliphatic hydroxyl groups excluding tert-OH is 3. The van der Waals surface area contributed by atoms with Gasteiger partial charge < -0.3 is 15.3 Å². The zero-order chi connectivity index (χ0) is 9.02. The summed E-state index contributed by atoms with van der Waals surface area (Å²) in [5, 5.41) is 27.4. The van der Waals surface area contributed by atoms with Gasteiger partial charge in [-0.05, 0) is 20.3 Å². The van der Waals surface area contributed by atoms with Gasteiger partial charge in [-0.3, -0.25) is 0 Å². The SMILES string of the molecule is CC[C@H](O)N([C@@H](C)O)[C@@H](C)O. The van der Waals surface area contributed by atoms with Crippen LogP contribution in [0, 0.1) is 0 Å². The molecule has 0 heterocycles. The molecule has 0 saturated heterocycles.